The van der Waals surface area contributed by atoms with Gasteiger partial charge in [0, 0.05) is 12.7 Å². The fourth-order valence-electron chi connectivity index (χ4n) is 2.90. The zero-order valence-electron chi connectivity index (χ0n) is 11.5. The highest BCUT2D eigenvalue weighted by Gasteiger charge is 2.30. The maximum Gasteiger partial charge on any atom is 0.129 e. The lowest BCUT2D eigenvalue weighted by Crippen LogP contribution is -2.39. The molecule has 2 rings (SSSR count). The van der Waals surface area contributed by atoms with Crippen molar-refractivity contribution in [3.63, 3.8) is 0 Å². The monoisotopic (exact) mass is 266 g/mol. The molecule has 1 saturated heterocycles. The molecule has 0 radical (unpaired) electrons. The minimum atomic E-state index is 0.577. The molecule has 1 aliphatic rings. The predicted molar refractivity (Wildman–Crippen MR) is 76.8 cm³/mol. The Balaban J connectivity index is 1.88. The van der Waals surface area contributed by atoms with Gasteiger partial charge in [0.15, 0.2) is 0 Å². The number of piperidine rings is 1. The second-order valence-electron chi connectivity index (χ2n) is 5.47. The molecule has 0 spiro atoms. The molecule has 1 aromatic heterocycles. The molecule has 1 aromatic rings. The number of likely N-dealkylation sites (tertiary alicyclic amines) is 1. The number of hydrogen-bond donors (Lipinski definition) is 0. The normalized spacial score (nSPS) is 19.9. The molecule has 1 fully saturated rings. The third-order valence-corrected chi connectivity index (χ3v) is 4.84. The SMILES string of the molecule is CCC1(CC)CCN(Cc2ccc(Cl)nc2)CC1. The second-order valence-corrected chi connectivity index (χ2v) is 5.86. The van der Waals surface area contributed by atoms with E-state index in [0.29, 0.717) is 10.6 Å². The molecule has 2 nitrogen and oxygen atoms in total. The Morgan fingerprint density at radius 1 is 1.22 bits per heavy atom. The molecular weight excluding hydrogens is 244 g/mol. The Hall–Kier alpha value is -0.600. The van der Waals surface area contributed by atoms with E-state index in [-0.39, 0.29) is 0 Å². The van der Waals surface area contributed by atoms with Crippen LogP contribution in [0.4, 0.5) is 0 Å². The van der Waals surface area contributed by atoms with Crippen molar-refractivity contribution in [2.75, 3.05) is 13.1 Å². The summed E-state index contributed by atoms with van der Waals surface area (Å²) in [6, 6.07) is 3.96. The second kappa shape index (κ2) is 6.03. The standard InChI is InChI=1S/C15H23ClN2/c1-3-15(4-2)7-9-18(10-8-15)12-13-5-6-14(16)17-11-13/h5-6,11H,3-4,7-10,12H2,1-2H3. The molecule has 1 aliphatic heterocycles. The van der Waals surface area contributed by atoms with Gasteiger partial charge in [0.2, 0.25) is 0 Å². The Bertz CT molecular complexity index is 361. The summed E-state index contributed by atoms with van der Waals surface area (Å²) < 4.78 is 0. The highest BCUT2D eigenvalue weighted by molar-refractivity contribution is 6.29. The maximum atomic E-state index is 5.80. The zero-order valence-corrected chi connectivity index (χ0v) is 12.2. The van der Waals surface area contributed by atoms with Gasteiger partial charge in [-0.25, -0.2) is 4.98 Å². The van der Waals surface area contributed by atoms with Crippen molar-refractivity contribution in [3.8, 4) is 0 Å². The summed E-state index contributed by atoms with van der Waals surface area (Å²) in [4.78, 5) is 6.68. The first-order valence-corrected chi connectivity index (χ1v) is 7.38. The maximum absolute atomic E-state index is 5.80. The van der Waals surface area contributed by atoms with Gasteiger partial charge < -0.3 is 0 Å². The van der Waals surface area contributed by atoms with Crippen molar-refractivity contribution in [3.05, 3.63) is 29.0 Å². The topological polar surface area (TPSA) is 16.1 Å². The fraction of sp³-hybridized carbons (Fsp3) is 0.667. The fourth-order valence-corrected chi connectivity index (χ4v) is 3.01. The lowest BCUT2D eigenvalue weighted by atomic mass is 9.74. The van der Waals surface area contributed by atoms with E-state index in [9.17, 15) is 0 Å². The first kappa shape index (κ1) is 13.8. The molecule has 0 saturated carbocycles. The van der Waals surface area contributed by atoms with Crippen LogP contribution in [-0.2, 0) is 6.54 Å². The van der Waals surface area contributed by atoms with Gasteiger partial charge in [-0.1, -0.05) is 44.4 Å². The molecule has 100 valence electrons. The Kier molecular flexibility index (Phi) is 4.63. The van der Waals surface area contributed by atoms with E-state index in [1.165, 1.54) is 44.3 Å². The van der Waals surface area contributed by atoms with E-state index in [0.717, 1.165) is 6.54 Å². The van der Waals surface area contributed by atoms with E-state index < -0.39 is 0 Å². The van der Waals surface area contributed by atoms with Gasteiger partial charge in [0.25, 0.3) is 0 Å². The van der Waals surface area contributed by atoms with Crippen LogP contribution in [0.3, 0.4) is 0 Å². The van der Waals surface area contributed by atoms with E-state index in [2.05, 4.69) is 29.8 Å². The summed E-state index contributed by atoms with van der Waals surface area (Å²) in [5, 5.41) is 0.577. The molecule has 3 heteroatoms. The molecule has 0 amide bonds. The van der Waals surface area contributed by atoms with Crippen LogP contribution in [0, 0.1) is 5.41 Å². The van der Waals surface area contributed by atoms with Crippen molar-refractivity contribution in [1.82, 2.24) is 9.88 Å². The summed E-state index contributed by atoms with van der Waals surface area (Å²) in [7, 11) is 0. The molecule has 2 heterocycles. The Labute approximate surface area is 115 Å². The van der Waals surface area contributed by atoms with E-state index >= 15 is 0 Å². The number of rotatable bonds is 4. The summed E-state index contributed by atoms with van der Waals surface area (Å²) in [5.74, 6) is 0. The van der Waals surface area contributed by atoms with Gasteiger partial charge in [-0.3, -0.25) is 4.90 Å². The minimum absolute atomic E-state index is 0.577. The smallest absolute Gasteiger partial charge is 0.129 e. The molecule has 0 aliphatic carbocycles. The summed E-state index contributed by atoms with van der Waals surface area (Å²) >= 11 is 5.80. The van der Waals surface area contributed by atoms with Crippen LogP contribution >= 0.6 is 11.6 Å². The minimum Gasteiger partial charge on any atom is -0.299 e. The summed E-state index contributed by atoms with van der Waals surface area (Å²) in [5.41, 5.74) is 1.87. The Morgan fingerprint density at radius 3 is 2.39 bits per heavy atom. The van der Waals surface area contributed by atoms with Crippen LogP contribution in [0.15, 0.2) is 18.3 Å². The highest BCUT2D eigenvalue weighted by Crippen LogP contribution is 2.38. The molecule has 0 aromatic carbocycles. The van der Waals surface area contributed by atoms with Crippen LogP contribution in [0.5, 0.6) is 0 Å². The number of hydrogen-bond acceptors (Lipinski definition) is 2. The quantitative estimate of drug-likeness (QED) is 0.762. The number of aromatic nitrogens is 1. The molecule has 18 heavy (non-hydrogen) atoms. The van der Waals surface area contributed by atoms with Crippen LogP contribution < -0.4 is 0 Å². The van der Waals surface area contributed by atoms with E-state index in [1.54, 1.807) is 0 Å². The number of pyridine rings is 1. The van der Waals surface area contributed by atoms with Gasteiger partial charge in [-0.15, -0.1) is 0 Å². The first-order chi connectivity index (χ1) is 8.67. The molecule has 0 atom stereocenters. The lowest BCUT2D eigenvalue weighted by molar-refractivity contribution is 0.0908. The molecule has 0 unspecified atom stereocenters. The van der Waals surface area contributed by atoms with Crippen molar-refractivity contribution >= 4 is 11.6 Å². The average molecular weight is 267 g/mol. The van der Waals surface area contributed by atoms with Crippen molar-refractivity contribution in [1.29, 1.82) is 0 Å². The van der Waals surface area contributed by atoms with Crippen LogP contribution in [0.25, 0.3) is 0 Å². The average Bonchev–Trinajstić information content (AvgIpc) is 2.43. The van der Waals surface area contributed by atoms with Crippen molar-refractivity contribution in [2.45, 2.75) is 46.1 Å². The molecule has 0 bridgehead atoms. The van der Waals surface area contributed by atoms with E-state index in [4.69, 9.17) is 11.6 Å². The van der Waals surface area contributed by atoms with Crippen molar-refractivity contribution in [2.24, 2.45) is 5.41 Å². The molecular formula is C15H23ClN2. The highest BCUT2D eigenvalue weighted by atomic mass is 35.5. The van der Waals surface area contributed by atoms with Gasteiger partial charge in [-0.05, 0) is 43.0 Å². The predicted octanol–water partition coefficient (Wildman–Crippen LogP) is 4.14. The van der Waals surface area contributed by atoms with Gasteiger partial charge in [-0.2, -0.15) is 0 Å². The van der Waals surface area contributed by atoms with Crippen LogP contribution in [0.2, 0.25) is 5.15 Å². The Morgan fingerprint density at radius 2 is 1.89 bits per heavy atom. The first-order valence-electron chi connectivity index (χ1n) is 7.00. The van der Waals surface area contributed by atoms with Gasteiger partial charge >= 0.3 is 0 Å². The van der Waals surface area contributed by atoms with Crippen molar-refractivity contribution < 1.29 is 0 Å². The lowest BCUT2D eigenvalue weighted by Gasteiger charge is -2.41. The third kappa shape index (κ3) is 3.24. The number of halogens is 1. The zero-order chi connectivity index (χ0) is 13.0. The number of nitrogens with zero attached hydrogens (tertiary/aromatic N) is 2. The molecule has 0 N–H and O–H groups in total. The van der Waals surface area contributed by atoms with Gasteiger partial charge in [0.05, 0.1) is 0 Å². The third-order valence-electron chi connectivity index (χ3n) is 4.61. The van der Waals surface area contributed by atoms with Crippen LogP contribution in [0.1, 0.15) is 45.1 Å². The summed E-state index contributed by atoms with van der Waals surface area (Å²) in [6.07, 6.45) is 7.20. The van der Waals surface area contributed by atoms with Gasteiger partial charge in [0.1, 0.15) is 5.15 Å². The largest absolute Gasteiger partial charge is 0.299 e. The van der Waals surface area contributed by atoms with E-state index in [1.807, 2.05) is 12.3 Å². The summed E-state index contributed by atoms with van der Waals surface area (Å²) in [6.45, 7) is 8.10. The van der Waals surface area contributed by atoms with Crippen LogP contribution in [-0.4, -0.2) is 23.0 Å².